The van der Waals surface area contributed by atoms with Gasteiger partial charge >= 0.3 is 0 Å². The van der Waals surface area contributed by atoms with Crippen LogP contribution in [0.4, 0.5) is 0 Å². The molecule has 0 aliphatic heterocycles. The zero-order valence-electron chi connectivity index (χ0n) is 10.2. The van der Waals surface area contributed by atoms with Crippen LogP contribution in [-0.4, -0.2) is 17.3 Å². The van der Waals surface area contributed by atoms with Gasteiger partial charge in [-0.2, -0.15) is 0 Å². The fourth-order valence-corrected chi connectivity index (χ4v) is 2.48. The number of benzene rings is 1. The standard InChI is InChI=1S/C13H16BrCl2NO/c1-2-3-10(14)8-17-13(18)7-9-4-5-11(15)12(16)6-9/h4-6,10H,2-3,7-8H2,1H3,(H,17,18). The number of nitrogens with one attached hydrogen (secondary N) is 1. The second kappa shape index (κ2) is 8.03. The Kier molecular flexibility index (Phi) is 7.05. The molecule has 1 atom stereocenters. The van der Waals surface area contributed by atoms with Crippen LogP contribution in [0.1, 0.15) is 25.3 Å². The van der Waals surface area contributed by atoms with Gasteiger partial charge in [0.1, 0.15) is 0 Å². The van der Waals surface area contributed by atoms with Crippen molar-refractivity contribution in [1.82, 2.24) is 5.32 Å². The molecular formula is C13H16BrCl2NO. The van der Waals surface area contributed by atoms with Gasteiger partial charge in [-0.1, -0.05) is 58.5 Å². The van der Waals surface area contributed by atoms with Crippen LogP contribution in [0, 0.1) is 0 Å². The van der Waals surface area contributed by atoms with E-state index in [0.29, 0.717) is 27.8 Å². The molecule has 0 aliphatic carbocycles. The molecule has 1 unspecified atom stereocenters. The third-order valence-electron chi connectivity index (χ3n) is 2.47. The van der Waals surface area contributed by atoms with Gasteiger partial charge in [0.05, 0.1) is 16.5 Å². The fourth-order valence-electron chi connectivity index (χ4n) is 1.54. The number of carbonyl (C=O) groups is 1. The third-order valence-corrected chi connectivity index (χ3v) is 3.99. The van der Waals surface area contributed by atoms with E-state index < -0.39 is 0 Å². The lowest BCUT2D eigenvalue weighted by Gasteiger charge is -2.10. The first-order valence-electron chi connectivity index (χ1n) is 5.87. The molecule has 0 heterocycles. The van der Waals surface area contributed by atoms with Crippen molar-refractivity contribution >= 4 is 45.0 Å². The Labute approximate surface area is 126 Å². The number of amides is 1. The van der Waals surface area contributed by atoms with E-state index in [2.05, 4.69) is 28.2 Å². The minimum Gasteiger partial charge on any atom is -0.355 e. The number of hydrogen-bond donors (Lipinski definition) is 1. The molecule has 0 saturated carbocycles. The average Bonchev–Trinajstić information content (AvgIpc) is 2.32. The number of rotatable bonds is 6. The van der Waals surface area contributed by atoms with E-state index >= 15 is 0 Å². The van der Waals surface area contributed by atoms with Crippen molar-refractivity contribution in [1.29, 1.82) is 0 Å². The molecule has 2 nitrogen and oxygen atoms in total. The van der Waals surface area contributed by atoms with Crippen LogP contribution in [0.5, 0.6) is 0 Å². The first-order chi connectivity index (χ1) is 8.52. The van der Waals surface area contributed by atoms with Gasteiger partial charge < -0.3 is 5.32 Å². The van der Waals surface area contributed by atoms with Gasteiger partial charge in [-0.05, 0) is 24.1 Å². The zero-order chi connectivity index (χ0) is 13.5. The first kappa shape index (κ1) is 15.8. The van der Waals surface area contributed by atoms with Crippen LogP contribution < -0.4 is 5.32 Å². The van der Waals surface area contributed by atoms with E-state index in [1.165, 1.54) is 0 Å². The van der Waals surface area contributed by atoms with Gasteiger partial charge in [-0.15, -0.1) is 0 Å². The number of carbonyl (C=O) groups excluding carboxylic acids is 1. The molecule has 18 heavy (non-hydrogen) atoms. The highest BCUT2D eigenvalue weighted by molar-refractivity contribution is 9.09. The summed E-state index contributed by atoms with van der Waals surface area (Å²) < 4.78 is 0. The lowest BCUT2D eigenvalue weighted by Crippen LogP contribution is -2.30. The van der Waals surface area contributed by atoms with Crippen LogP contribution in [0.15, 0.2) is 18.2 Å². The Hall–Kier alpha value is -0.250. The minimum absolute atomic E-state index is 0.00561. The molecule has 0 radical (unpaired) electrons. The van der Waals surface area contributed by atoms with Crippen LogP contribution in [0.2, 0.25) is 10.0 Å². The lowest BCUT2D eigenvalue weighted by atomic mass is 10.1. The van der Waals surface area contributed by atoms with Crippen molar-refractivity contribution in [3.05, 3.63) is 33.8 Å². The largest absolute Gasteiger partial charge is 0.355 e. The molecule has 1 aromatic rings. The van der Waals surface area contributed by atoms with Crippen molar-refractivity contribution in [3.63, 3.8) is 0 Å². The molecule has 1 rings (SSSR count). The van der Waals surface area contributed by atoms with Gasteiger partial charge in [-0.3, -0.25) is 4.79 Å². The molecule has 0 saturated heterocycles. The Morgan fingerprint density at radius 1 is 1.39 bits per heavy atom. The molecule has 1 aromatic carbocycles. The second-order valence-electron chi connectivity index (χ2n) is 4.12. The Morgan fingerprint density at radius 3 is 2.72 bits per heavy atom. The third kappa shape index (κ3) is 5.59. The van der Waals surface area contributed by atoms with Crippen molar-refractivity contribution in [2.75, 3.05) is 6.54 Å². The Morgan fingerprint density at radius 2 is 2.11 bits per heavy atom. The van der Waals surface area contributed by atoms with Gasteiger partial charge in [0.25, 0.3) is 0 Å². The van der Waals surface area contributed by atoms with Gasteiger partial charge in [-0.25, -0.2) is 0 Å². The zero-order valence-corrected chi connectivity index (χ0v) is 13.3. The van der Waals surface area contributed by atoms with Crippen LogP contribution in [0.3, 0.4) is 0 Å². The van der Waals surface area contributed by atoms with Crippen LogP contribution in [-0.2, 0) is 11.2 Å². The highest BCUT2D eigenvalue weighted by Gasteiger charge is 2.08. The molecule has 1 amide bonds. The lowest BCUT2D eigenvalue weighted by molar-refractivity contribution is -0.120. The van der Waals surface area contributed by atoms with E-state index in [-0.39, 0.29) is 5.91 Å². The molecule has 1 N–H and O–H groups in total. The van der Waals surface area contributed by atoms with Crippen LogP contribution >= 0.6 is 39.1 Å². The predicted molar refractivity (Wildman–Crippen MR) is 80.8 cm³/mol. The van der Waals surface area contributed by atoms with Crippen molar-refractivity contribution in [2.45, 2.75) is 31.0 Å². The van der Waals surface area contributed by atoms with E-state index in [0.717, 1.165) is 18.4 Å². The minimum atomic E-state index is -0.00561. The van der Waals surface area contributed by atoms with Crippen LogP contribution in [0.25, 0.3) is 0 Å². The van der Waals surface area contributed by atoms with Gasteiger partial charge in [0.2, 0.25) is 5.91 Å². The molecule has 100 valence electrons. The van der Waals surface area contributed by atoms with Gasteiger partial charge in [0, 0.05) is 11.4 Å². The highest BCUT2D eigenvalue weighted by atomic mass is 79.9. The van der Waals surface area contributed by atoms with E-state index in [9.17, 15) is 4.79 Å². The monoisotopic (exact) mass is 351 g/mol. The maximum absolute atomic E-state index is 11.7. The maximum Gasteiger partial charge on any atom is 0.224 e. The van der Waals surface area contributed by atoms with Crippen molar-refractivity contribution < 1.29 is 4.79 Å². The first-order valence-corrected chi connectivity index (χ1v) is 7.54. The van der Waals surface area contributed by atoms with Gasteiger partial charge in [0.15, 0.2) is 0 Å². The molecule has 0 aliphatic rings. The SMILES string of the molecule is CCCC(Br)CNC(=O)Cc1ccc(Cl)c(Cl)c1. The quantitative estimate of drug-likeness (QED) is 0.763. The summed E-state index contributed by atoms with van der Waals surface area (Å²) in [6.45, 7) is 2.76. The molecule has 0 bridgehead atoms. The molecule has 0 fully saturated rings. The van der Waals surface area contributed by atoms with Crippen molar-refractivity contribution in [2.24, 2.45) is 0 Å². The van der Waals surface area contributed by atoms with E-state index in [1.807, 2.05) is 6.07 Å². The van der Waals surface area contributed by atoms with E-state index in [4.69, 9.17) is 23.2 Å². The number of halogens is 3. The summed E-state index contributed by atoms with van der Waals surface area (Å²) in [5.74, 6) is -0.00561. The number of hydrogen-bond acceptors (Lipinski definition) is 1. The topological polar surface area (TPSA) is 29.1 Å². The molecular weight excluding hydrogens is 337 g/mol. The Balaban J connectivity index is 2.42. The normalized spacial score (nSPS) is 12.2. The highest BCUT2D eigenvalue weighted by Crippen LogP contribution is 2.22. The Bertz CT molecular complexity index is 412. The summed E-state index contributed by atoms with van der Waals surface area (Å²) in [5.41, 5.74) is 0.864. The summed E-state index contributed by atoms with van der Waals surface area (Å²) in [4.78, 5) is 12.0. The molecule has 5 heteroatoms. The summed E-state index contributed by atoms with van der Waals surface area (Å²) in [5, 5.41) is 3.87. The fraction of sp³-hybridized carbons (Fsp3) is 0.462. The predicted octanol–water partition coefficient (Wildman–Crippen LogP) is 4.22. The summed E-state index contributed by atoms with van der Waals surface area (Å²) >= 11 is 15.2. The second-order valence-corrected chi connectivity index (χ2v) is 6.22. The smallest absolute Gasteiger partial charge is 0.224 e. The maximum atomic E-state index is 11.7. The van der Waals surface area contributed by atoms with Crippen molar-refractivity contribution in [3.8, 4) is 0 Å². The number of alkyl halides is 1. The summed E-state index contributed by atoms with van der Waals surface area (Å²) in [7, 11) is 0. The molecule has 0 spiro atoms. The molecule has 0 aromatic heterocycles. The summed E-state index contributed by atoms with van der Waals surface area (Å²) in [6, 6.07) is 5.24. The average molecular weight is 353 g/mol. The van der Waals surface area contributed by atoms with E-state index in [1.54, 1.807) is 12.1 Å². The summed E-state index contributed by atoms with van der Waals surface area (Å²) in [6.07, 6.45) is 2.47.